The zero-order valence-corrected chi connectivity index (χ0v) is 9.95. The molecule has 0 amide bonds. The van der Waals surface area contributed by atoms with E-state index in [1.807, 2.05) is 31.2 Å². The molecule has 15 heavy (non-hydrogen) atoms. The van der Waals surface area contributed by atoms with E-state index in [1.165, 1.54) is 0 Å². The molecule has 1 aliphatic rings. The molecule has 2 N–H and O–H groups in total. The van der Waals surface area contributed by atoms with Gasteiger partial charge in [0.25, 0.3) is 0 Å². The monoisotopic (exact) mass is 269 g/mol. The molecule has 1 aromatic rings. The lowest BCUT2D eigenvalue weighted by molar-refractivity contribution is 0.173. The highest BCUT2D eigenvalue weighted by molar-refractivity contribution is 9.10. The largest absolute Gasteiger partial charge is 0.454 e. The van der Waals surface area contributed by atoms with Crippen LogP contribution in [0.5, 0.6) is 11.5 Å². The molecule has 0 bridgehead atoms. The summed E-state index contributed by atoms with van der Waals surface area (Å²) in [4.78, 5) is 0. The normalized spacial score (nSPS) is 15.9. The number of ether oxygens (including phenoxy) is 2. The predicted molar refractivity (Wildman–Crippen MR) is 62.9 cm³/mol. The molecule has 0 fully saturated rings. The highest BCUT2D eigenvalue weighted by atomic mass is 79.9. The van der Waals surface area contributed by atoms with Gasteiger partial charge in [-0.15, -0.1) is 0 Å². The van der Waals surface area contributed by atoms with Gasteiger partial charge in [0.05, 0.1) is 4.47 Å². The van der Waals surface area contributed by atoms with E-state index in [0.717, 1.165) is 21.5 Å². The summed E-state index contributed by atoms with van der Waals surface area (Å²) in [6.45, 7) is 2.22. The second kappa shape index (κ2) is 4.24. The first-order chi connectivity index (χ1) is 7.16. The van der Waals surface area contributed by atoms with Crippen LogP contribution in [0.15, 0.2) is 22.7 Å². The Morgan fingerprint density at radius 3 is 3.00 bits per heavy atom. The molecular formula is C11H12BrNO2. The van der Waals surface area contributed by atoms with Gasteiger partial charge < -0.3 is 15.2 Å². The summed E-state index contributed by atoms with van der Waals surface area (Å²) in [5.41, 5.74) is 6.68. The molecule has 1 heterocycles. The van der Waals surface area contributed by atoms with E-state index in [4.69, 9.17) is 15.2 Å². The maximum absolute atomic E-state index is 5.64. The third-order valence-electron chi connectivity index (χ3n) is 2.04. The fourth-order valence-electron chi connectivity index (χ4n) is 1.35. The third-order valence-corrected chi connectivity index (χ3v) is 2.63. The van der Waals surface area contributed by atoms with Gasteiger partial charge in [-0.1, -0.05) is 12.2 Å². The van der Waals surface area contributed by atoms with Crippen molar-refractivity contribution >= 4 is 22.0 Å². The van der Waals surface area contributed by atoms with Crippen LogP contribution >= 0.6 is 15.9 Å². The summed E-state index contributed by atoms with van der Waals surface area (Å²) >= 11 is 3.44. The summed E-state index contributed by atoms with van der Waals surface area (Å²) in [7, 11) is 0. The van der Waals surface area contributed by atoms with Gasteiger partial charge in [-0.3, -0.25) is 0 Å². The molecule has 0 aliphatic carbocycles. The number of halogens is 1. The van der Waals surface area contributed by atoms with Crippen molar-refractivity contribution in [2.24, 2.45) is 5.73 Å². The first-order valence-corrected chi connectivity index (χ1v) is 5.49. The van der Waals surface area contributed by atoms with Crippen molar-refractivity contribution in [3.63, 3.8) is 0 Å². The van der Waals surface area contributed by atoms with E-state index in [9.17, 15) is 0 Å². The minimum atomic E-state index is 0.0502. The zero-order valence-electron chi connectivity index (χ0n) is 8.37. The molecule has 0 spiro atoms. The molecule has 0 radical (unpaired) electrons. The van der Waals surface area contributed by atoms with Crippen molar-refractivity contribution in [1.29, 1.82) is 0 Å². The highest BCUT2D eigenvalue weighted by Crippen LogP contribution is 2.40. The number of hydrogen-bond acceptors (Lipinski definition) is 3. The van der Waals surface area contributed by atoms with Crippen LogP contribution in [-0.4, -0.2) is 12.8 Å². The Morgan fingerprint density at radius 1 is 1.47 bits per heavy atom. The van der Waals surface area contributed by atoms with Crippen LogP contribution in [0.25, 0.3) is 6.08 Å². The SMILES string of the molecule is CC(N)/C=C/c1cc(Br)c2c(c1)OCO2. The molecule has 1 atom stereocenters. The average Bonchev–Trinajstić information content (AvgIpc) is 2.63. The Balaban J connectivity index is 2.31. The van der Waals surface area contributed by atoms with Gasteiger partial charge in [-0.25, -0.2) is 0 Å². The standard InChI is InChI=1S/C11H12BrNO2/c1-7(13)2-3-8-4-9(12)11-10(5-8)14-6-15-11/h2-5,7H,6,13H2,1H3/b3-2+. The van der Waals surface area contributed by atoms with E-state index in [1.54, 1.807) is 0 Å². The molecule has 1 aliphatic heterocycles. The van der Waals surface area contributed by atoms with Gasteiger partial charge in [0.1, 0.15) is 0 Å². The van der Waals surface area contributed by atoms with Crippen LogP contribution in [0, 0.1) is 0 Å². The van der Waals surface area contributed by atoms with E-state index in [0.29, 0.717) is 0 Å². The number of benzene rings is 1. The Kier molecular flexibility index (Phi) is 2.98. The minimum Gasteiger partial charge on any atom is -0.454 e. The number of rotatable bonds is 2. The van der Waals surface area contributed by atoms with Gasteiger partial charge in [0.2, 0.25) is 6.79 Å². The minimum absolute atomic E-state index is 0.0502. The number of nitrogens with two attached hydrogens (primary N) is 1. The van der Waals surface area contributed by atoms with Crippen molar-refractivity contribution in [3.05, 3.63) is 28.2 Å². The molecule has 1 unspecified atom stereocenters. The second-order valence-corrected chi connectivity index (χ2v) is 4.31. The van der Waals surface area contributed by atoms with Crippen LogP contribution in [-0.2, 0) is 0 Å². The van der Waals surface area contributed by atoms with Crippen LogP contribution in [0.3, 0.4) is 0 Å². The highest BCUT2D eigenvalue weighted by Gasteiger charge is 2.17. The molecule has 80 valence electrons. The number of hydrogen-bond donors (Lipinski definition) is 1. The van der Waals surface area contributed by atoms with E-state index >= 15 is 0 Å². The molecular weight excluding hydrogens is 258 g/mol. The van der Waals surface area contributed by atoms with Crippen LogP contribution in [0.1, 0.15) is 12.5 Å². The van der Waals surface area contributed by atoms with Crippen LogP contribution in [0.4, 0.5) is 0 Å². The van der Waals surface area contributed by atoms with Crippen molar-refractivity contribution in [1.82, 2.24) is 0 Å². The third kappa shape index (κ3) is 2.33. The topological polar surface area (TPSA) is 44.5 Å². The predicted octanol–water partition coefficient (Wildman–Crippen LogP) is 2.54. The summed E-state index contributed by atoms with van der Waals surface area (Å²) < 4.78 is 11.5. The van der Waals surface area contributed by atoms with Gasteiger partial charge >= 0.3 is 0 Å². The van der Waals surface area contributed by atoms with Gasteiger partial charge in [-0.2, -0.15) is 0 Å². The second-order valence-electron chi connectivity index (χ2n) is 3.45. The lowest BCUT2D eigenvalue weighted by Gasteiger charge is -2.02. The van der Waals surface area contributed by atoms with Crippen molar-refractivity contribution in [2.75, 3.05) is 6.79 Å². The lowest BCUT2D eigenvalue weighted by atomic mass is 10.1. The van der Waals surface area contributed by atoms with Crippen LogP contribution in [0.2, 0.25) is 0 Å². The molecule has 1 aromatic carbocycles. The smallest absolute Gasteiger partial charge is 0.231 e. The average molecular weight is 270 g/mol. The fraction of sp³-hybridized carbons (Fsp3) is 0.273. The molecule has 4 heteroatoms. The van der Waals surface area contributed by atoms with E-state index in [2.05, 4.69) is 15.9 Å². The first-order valence-electron chi connectivity index (χ1n) is 4.70. The summed E-state index contributed by atoms with van der Waals surface area (Å²) in [5, 5.41) is 0. The fourth-order valence-corrected chi connectivity index (χ4v) is 1.92. The first kappa shape index (κ1) is 10.5. The zero-order chi connectivity index (χ0) is 10.8. The Bertz CT molecular complexity index is 402. The van der Waals surface area contributed by atoms with Crippen LogP contribution < -0.4 is 15.2 Å². The van der Waals surface area contributed by atoms with Crippen molar-refractivity contribution in [3.8, 4) is 11.5 Å². The lowest BCUT2D eigenvalue weighted by Crippen LogP contribution is -2.09. The Morgan fingerprint density at radius 2 is 2.27 bits per heavy atom. The van der Waals surface area contributed by atoms with E-state index in [-0.39, 0.29) is 12.8 Å². The van der Waals surface area contributed by atoms with Gasteiger partial charge in [-0.05, 0) is 40.5 Å². The van der Waals surface area contributed by atoms with Gasteiger partial charge in [0.15, 0.2) is 11.5 Å². The maximum atomic E-state index is 5.64. The quantitative estimate of drug-likeness (QED) is 0.898. The summed E-state index contributed by atoms with van der Waals surface area (Å²) in [6, 6.07) is 3.97. The van der Waals surface area contributed by atoms with Gasteiger partial charge in [0, 0.05) is 6.04 Å². The molecule has 0 aromatic heterocycles. The summed E-state index contributed by atoms with van der Waals surface area (Å²) in [5.74, 6) is 1.54. The Hall–Kier alpha value is -1.00. The molecule has 0 saturated carbocycles. The van der Waals surface area contributed by atoms with Crippen molar-refractivity contribution < 1.29 is 9.47 Å². The van der Waals surface area contributed by atoms with Crippen molar-refractivity contribution in [2.45, 2.75) is 13.0 Å². The maximum Gasteiger partial charge on any atom is 0.231 e. The number of fused-ring (bicyclic) bond motifs is 1. The molecule has 0 saturated heterocycles. The van der Waals surface area contributed by atoms with E-state index < -0.39 is 0 Å². The Labute approximate surface area is 97.0 Å². The summed E-state index contributed by atoms with van der Waals surface area (Å²) in [6.07, 6.45) is 3.90. The molecule has 2 rings (SSSR count). The molecule has 3 nitrogen and oxygen atoms in total.